The summed E-state index contributed by atoms with van der Waals surface area (Å²) in [6.07, 6.45) is 2.99. The van der Waals surface area contributed by atoms with Gasteiger partial charge in [-0.1, -0.05) is 6.92 Å². The molecule has 116 valence electrons. The second kappa shape index (κ2) is 6.81. The highest BCUT2D eigenvalue weighted by molar-refractivity contribution is 7.98. The molecule has 3 rings (SSSR count). The second-order valence-corrected chi connectivity index (χ2v) is 7.15. The van der Waals surface area contributed by atoms with Crippen LogP contribution in [0.5, 0.6) is 0 Å². The first-order valence-electron chi connectivity index (χ1n) is 7.36. The van der Waals surface area contributed by atoms with E-state index in [4.69, 9.17) is 0 Å². The summed E-state index contributed by atoms with van der Waals surface area (Å²) in [5.74, 6) is -0.0916. The number of amides is 1. The number of likely N-dealkylation sites (N-methyl/N-ethyl adjacent to an activating group) is 1. The van der Waals surface area contributed by atoms with Gasteiger partial charge < -0.3 is 0 Å². The number of carbonyl (C=O) groups excluding carboxylic acids is 1. The van der Waals surface area contributed by atoms with Gasteiger partial charge in [0.2, 0.25) is 0 Å². The maximum Gasteiger partial charge on any atom is 0.257 e. The largest absolute Gasteiger partial charge is 0.298 e. The number of nitrogens with zero attached hydrogens (tertiary/aromatic N) is 2. The number of hydrogen-bond acceptors (Lipinski definition) is 5. The Hall–Kier alpha value is -1.37. The Morgan fingerprint density at radius 2 is 2.18 bits per heavy atom. The van der Waals surface area contributed by atoms with Gasteiger partial charge in [0.05, 0.1) is 5.69 Å². The molecule has 0 radical (unpaired) electrons. The van der Waals surface area contributed by atoms with E-state index in [1.165, 1.54) is 4.88 Å². The molecule has 0 spiro atoms. The molecule has 1 aromatic carbocycles. The molecule has 2 aromatic rings. The van der Waals surface area contributed by atoms with Gasteiger partial charge in [0.15, 0.2) is 5.13 Å². The molecule has 0 aliphatic carbocycles. The third kappa shape index (κ3) is 3.34. The Morgan fingerprint density at radius 1 is 1.41 bits per heavy atom. The van der Waals surface area contributed by atoms with Gasteiger partial charge in [-0.15, -0.1) is 23.1 Å². The van der Waals surface area contributed by atoms with Gasteiger partial charge in [-0.25, -0.2) is 4.98 Å². The van der Waals surface area contributed by atoms with Crippen molar-refractivity contribution in [2.45, 2.75) is 24.8 Å². The van der Waals surface area contributed by atoms with E-state index < -0.39 is 0 Å². The lowest BCUT2D eigenvalue weighted by molar-refractivity contribution is 0.102. The molecule has 1 aliphatic heterocycles. The minimum absolute atomic E-state index is 0.0916. The van der Waals surface area contributed by atoms with Crippen molar-refractivity contribution < 1.29 is 4.79 Å². The normalized spacial score (nSPS) is 14.6. The summed E-state index contributed by atoms with van der Waals surface area (Å²) in [6, 6.07) is 7.64. The number of rotatable bonds is 4. The molecule has 4 nitrogen and oxygen atoms in total. The molecular formula is C16H19N3OS2. The summed E-state index contributed by atoms with van der Waals surface area (Å²) in [4.78, 5) is 21.7. The van der Waals surface area contributed by atoms with Crippen molar-refractivity contribution in [2.24, 2.45) is 0 Å². The van der Waals surface area contributed by atoms with Crippen molar-refractivity contribution in [3.63, 3.8) is 0 Å². The lowest BCUT2D eigenvalue weighted by Crippen LogP contribution is -2.29. The first-order valence-corrected chi connectivity index (χ1v) is 9.40. The van der Waals surface area contributed by atoms with E-state index in [-0.39, 0.29) is 5.91 Å². The number of anilines is 1. The van der Waals surface area contributed by atoms with E-state index in [9.17, 15) is 4.79 Å². The Labute approximate surface area is 138 Å². The predicted octanol–water partition coefficient (Wildman–Crippen LogP) is 3.50. The Morgan fingerprint density at radius 3 is 2.86 bits per heavy atom. The number of thioether (sulfide) groups is 1. The Kier molecular flexibility index (Phi) is 4.81. The van der Waals surface area contributed by atoms with Crippen molar-refractivity contribution in [2.75, 3.05) is 24.7 Å². The first-order chi connectivity index (χ1) is 10.7. The van der Waals surface area contributed by atoms with E-state index in [1.54, 1.807) is 23.1 Å². The number of nitrogens with one attached hydrogen (secondary N) is 1. The van der Waals surface area contributed by atoms with E-state index in [0.717, 1.165) is 36.6 Å². The number of carbonyl (C=O) groups is 1. The number of aromatic nitrogens is 1. The summed E-state index contributed by atoms with van der Waals surface area (Å²) in [6.45, 7) is 5.23. The minimum Gasteiger partial charge on any atom is -0.298 e. The average Bonchev–Trinajstić information content (AvgIpc) is 2.95. The van der Waals surface area contributed by atoms with Gasteiger partial charge in [0.1, 0.15) is 0 Å². The van der Waals surface area contributed by atoms with E-state index in [1.807, 2.05) is 30.5 Å². The Bertz CT molecular complexity index is 667. The van der Waals surface area contributed by atoms with Gasteiger partial charge in [-0.2, -0.15) is 0 Å². The maximum absolute atomic E-state index is 12.3. The van der Waals surface area contributed by atoms with Gasteiger partial charge in [0, 0.05) is 34.8 Å². The van der Waals surface area contributed by atoms with Crippen LogP contribution in [0.1, 0.15) is 27.9 Å². The van der Waals surface area contributed by atoms with Crippen LogP contribution in [-0.4, -0.2) is 35.1 Å². The topological polar surface area (TPSA) is 45.2 Å². The summed E-state index contributed by atoms with van der Waals surface area (Å²) >= 11 is 3.26. The van der Waals surface area contributed by atoms with E-state index in [2.05, 4.69) is 22.1 Å². The minimum atomic E-state index is -0.0916. The van der Waals surface area contributed by atoms with Crippen LogP contribution in [0.15, 0.2) is 29.2 Å². The van der Waals surface area contributed by atoms with Gasteiger partial charge in [0.25, 0.3) is 5.91 Å². The molecule has 1 aromatic heterocycles. The SMILES string of the molecule is CCN1CCc2nc(NC(=O)c3ccc(SC)cc3)sc2C1. The van der Waals surface area contributed by atoms with E-state index in [0.29, 0.717) is 10.7 Å². The number of fused-ring (bicyclic) bond motifs is 1. The highest BCUT2D eigenvalue weighted by Gasteiger charge is 2.20. The zero-order chi connectivity index (χ0) is 15.5. The van der Waals surface area contributed by atoms with Crippen molar-refractivity contribution >= 4 is 34.1 Å². The summed E-state index contributed by atoms with van der Waals surface area (Å²) in [5.41, 5.74) is 1.81. The second-order valence-electron chi connectivity index (χ2n) is 5.19. The molecule has 0 fully saturated rings. The molecule has 0 atom stereocenters. The van der Waals surface area contributed by atoms with Crippen LogP contribution in [0.2, 0.25) is 0 Å². The molecule has 0 unspecified atom stereocenters. The van der Waals surface area contributed by atoms with Crippen LogP contribution in [0.3, 0.4) is 0 Å². The van der Waals surface area contributed by atoms with Crippen LogP contribution in [0.25, 0.3) is 0 Å². The monoisotopic (exact) mass is 333 g/mol. The summed E-state index contributed by atoms with van der Waals surface area (Å²) < 4.78 is 0. The third-order valence-corrected chi connectivity index (χ3v) is 5.57. The van der Waals surface area contributed by atoms with Gasteiger partial charge in [-0.05, 0) is 37.1 Å². The summed E-state index contributed by atoms with van der Waals surface area (Å²) in [5, 5.41) is 3.64. The maximum atomic E-state index is 12.3. The molecule has 0 saturated heterocycles. The molecule has 1 amide bonds. The quantitative estimate of drug-likeness (QED) is 0.870. The third-order valence-electron chi connectivity index (χ3n) is 3.83. The standard InChI is InChI=1S/C16H19N3OS2/c1-3-19-9-8-13-14(10-19)22-16(17-13)18-15(20)11-4-6-12(21-2)7-5-11/h4-7H,3,8-10H2,1-2H3,(H,17,18,20). The van der Waals surface area contributed by atoms with Crippen LogP contribution < -0.4 is 5.32 Å². The first kappa shape index (κ1) is 15.5. The molecule has 22 heavy (non-hydrogen) atoms. The van der Waals surface area contributed by atoms with Gasteiger partial charge >= 0.3 is 0 Å². The van der Waals surface area contributed by atoms with Crippen LogP contribution in [0, 0.1) is 0 Å². The van der Waals surface area contributed by atoms with Crippen molar-refractivity contribution in [1.29, 1.82) is 0 Å². The highest BCUT2D eigenvalue weighted by Crippen LogP contribution is 2.28. The highest BCUT2D eigenvalue weighted by atomic mass is 32.2. The molecule has 1 N–H and O–H groups in total. The predicted molar refractivity (Wildman–Crippen MR) is 92.9 cm³/mol. The fourth-order valence-electron chi connectivity index (χ4n) is 2.48. The number of hydrogen-bond donors (Lipinski definition) is 1. The van der Waals surface area contributed by atoms with E-state index >= 15 is 0 Å². The smallest absolute Gasteiger partial charge is 0.257 e. The number of benzene rings is 1. The lowest BCUT2D eigenvalue weighted by Gasteiger charge is -2.23. The van der Waals surface area contributed by atoms with Gasteiger partial charge in [-0.3, -0.25) is 15.0 Å². The average molecular weight is 333 g/mol. The number of thiazole rings is 1. The van der Waals surface area contributed by atoms with Crippen molar-refractivity contribution in [1.82, 2.24) is 9.88 Å². The Balaban J connectivity index is 1.70. The molecular weight excluding hydrogens is 314 g/mol. The lowest BCUT2D eigenvalue weighted by atomic mass is 10.2. The summed E-state index contributed by atoms with van der Waals surface area (Å²) in [7, 11) is 0. The zero-order valence-corrected chi connectivity index (χ0v) is 14.4. The zero-order valence-electron chi connectivity index (χ0n) is 12.8. The fraction of sp³-hybridized carbons (Fsp3) is 0.375. The van der Waals surface area contributed by atoms with Crippen LogP contribution >= 0.6 is 23.1 Å². The molecule has 2 heterocycles. The van der Waals surface area contributed by atoms with Crippen LogP contribution in [-0.2, 0) is 13.0 Å². The van der Waals surface area contributed by atoms with Crippen molar-refractivity contribution in [3.05, 3.63) is 40.4 Å². The van der Waals surface area contributed by atoms with Crippen LogP contribution in [0.4, 0.5) is 5.13 Å². The molecule has 0 bridgehead atoms. The fourth-order valence-corrected chi connectivity index (χ4v) is 3.94. The van der Waals surface area contributed by atoms with Crippen molar-refractivity contribution in [3.8, 4) is 0 Å². The molecule has 1 aliphatic rings. The molecule has 6 heteroatoms. The molecule has 0 saturated carbocycles.